The van der Waals surface area contributed by atoms with Crippen molar-refractivity contribution in [1.82, 2.24) is 0 Å². The van der Waals surface area contributed by atoms with E-state index in [4.69, 9.17) is 13.6 Å². The predicted molar refractivity (Wildman–Crippen MR) is 207 cm³/mol. The van der Waals surface area contributed by atoms with E-state index in [-0.39, 0.29) is 16.5 Å². The average Bonchev–Trinajstić information content (AvgIpc) is 3.08. The van der Waals surface area contributed by atoms with Crippen molar-refractivity contribution in [3.8, 4) is 11.5 Å². The monoisotopic (exact) mass is 724 g/mol. The van der Waals surface area contributed by atoms with Gasteiger partial charge in [-0.2, -0.15) is 0 Å². The molecule has 0 spiro atoms. The summed E-state index contributed by atoms with van der Waals surface area (Å²) < 4.78 is 19.9. The summed E-state index contributed by atoms with van der Waals surface area (Å²) in [5.74, 6) is -0.692. The summed E-state index contributed by atoms with van der Waals surface area (Å²) in [6.45, 7) is 19.3. The number of nitro benzene ring substituents is 1. The number of esters is 1. The minimum absolute atomic E-state index is 0.00165. The molecule has 0 aliphatic carbocycles. The van der Waals surface area contributed by atoms with Crippen LogP contribution < -0.4 is 19.5 Å². The van der Waals surface area contributed by atoms with Crippen LogP contribution in [0.1, 0.15) is 60.1 Å². The van der Waals surface area contributed by atoms with Crippen molar-refractivity contribution >= 4 is 38.7 Å². The highest BCUT2D eigenvalue weighted by Crippen LogP contribution is 2.44. The van der Waals surface area contributed by atoms with Crippen molar-refractivity contribution in [2.24, 2.45) is 11.0 Å². The zero-order valence-electron chi connectivity index (χ0n) is 30.9. The molecular weight excluding hydrogens is 677 g/mol. The van der Waals surface area contributed by atoms with Gasteiger partial charge in [0, 0.05) is 23.0 Å². The first-order chi connectivity index (χ1) is 23.9. The molecule has 0 heterocycles. The molecule has 4 aromatic rings. The molecule has 268 valence electrons. The first-order valence-corrected chi connectivity index (χ1v) is 21.8. The zero-order chi connectivity index (χ0) is 37.6. The molecule has 0 bridgehead atoms. The summed E-state index contributed by atoms with van der Waals surface area (Å²) in [5.41, 5.74) is 10.3. The van der Waals surface area contributed by atoms with Crippen molar-refractivity contribution < 1.29 is 23.3 Å². The second-order valence-corrected chi connectivity index (χ2v) is 24.3. The number of hydrogen-bond donors (Lipinski definition) is 0. The summed E-state index contributed by atoms with van der Waals surface area (Å²) in [4.78, 5) is 27.5. The Morgan fingerprint density at radius 3 is 1.71 bits per heavy atom. The van der Waals surface area contributed by atoms with Crippen molar-refractivity contribution in [2.75, 3.05) is 0 Å². The van der Waals surface area contributed by atoms with Crippen molar-refractivity contribution in [1.29, 1.82) is 0 Å². The van der Waals surface area contributed by atoms with Crippen molar-refractivity contribution in [2.45, 2.75) is 83.8 Å². The third-order valence-corrected chi connectivity index (χ3v) is 19.1. The lowest BCUT2D eigenvalue weighted by Gasteiger charge is -2.46. The molecule has 3 atom stereocenters. The zero-order valence-corrected chi connectivity index (χ0v) is 32.9. The van der Waals surface area contributed by atoms with Gasteiger partial charge < -0.3 is 13.6 Å². The number of non-ortho nitro benzene ring substituents is 1. The molecule has 0 saturated heterocycles. The standard InChI is InChI=1S/C39H48N4O6Si2/c1-28(35(41-42-40)37(44)47-31-26-22-30(23-27-31)43(45)46)36(29-20-24-32(25-21-29)48-50(8,9)38(2,3)4)49-51(39(5,6)7,33-16-12-10-13-17-33)34-18-14-11-15-19-34/h10-28,35-36H,1-9H3/t28-,35-,36-/m0/s1. The fourth-order valence-corrected chi connectivity index (χ4v) is 11.7. The number of benzene rings is 4. The van der Waals surface area contributed by atoms with E-state index >= 15 is 0 Å². The van der Waals surface area contributed by atoms with Gasteiger partial charge >= 0.3 is 5.97 Å². The van der Waals surface area contributed by atoms with E-state index in [0.29, 0.717) is 0 Å². The molecule has 0 aliphatic rings. The van der Waals surface area contributed by atoms with Gasteiger partial charge in [-0.15, -0.1) is 0 Å². The summed E-state index contributed by atoms with van der Waals surface area (Å²) >= 11 is 0. The van der Waals surface area contributed by atoms with E-state index in [0.717, 1.165) is 21.7 Å². The third-order valence-electron chi connectivity index (χ3n) is 9.77. The molecule has 0 radical (unpaired) electrons. The van der Waals surface area contributed by atoms with Crippen LogP contribution in [0.4, 0.5) is 5.69 Å². The topological polar surface area (TPSA) is 137 Å². The van der Waals surface area contributed by atoms with Crippen LogP contribution in [-0.2, 0) is 9.22 Å². The lowest BCUT2D eigenvalue weighted by molar-refractivity contribution is -0.384. The molecule has 0 saturated carbocycles. The van der Waals surface area contributed by atoms with Crippen LogP contribution in [-0.4, -0.2) is 33.6 Å². The van der Waals surface area contributed by atoms with Crippen LogP contribution >= 0.6 is 0 Å². The Labute approximate surface area is 302 Å². The Bertz CT molecular complexity index is 1800. The van der Waals surface area contributed by atoms with Gasteiger partial charge in [-0.25, -0.2) is 0 Å². The summed E-state index contributed by atoms with van der Waals surface area (Å²) in [5, 5.41) is 16.8. The van der Waals surface area contributed by atoms with Crippen LogP contribution in [0.3, 0.4) is 0 Å². The molecule has 0 amide bonds. The van der Waals surface area contributed by atoms with E-state index in [1.165, 1.54) is 24.3 Å². The largest absolute Gasteiger partial charge is 0.544 e. The van der Waals surface area contributed by atoms with Gasteiger partial charge in [0.15, 0.2) is 0 Å². The van der Waals surface area contributed by atoms with Gasteiger partial charge in [-0.05, 0) is 68.9 Å². The van der Waals surface area contributed by atoms with E-state index < -0.39 is 50.6 Å². The molecule has 0 N–H and O–H groups in total. The van der Waals surface area contributed by atoms with E-state index in [9.17, 15) is 20.4 Å². The predicted octanol–water partition coefficient (Wildman–Crippen LogP) is 9.52. The Kier molecular flexibility index (Phi) is 12.0. The van der Waals surface area contributed by atoms with Crippen molar-refractivity contribution in [3.05, 3.63) is 135 Å². The number of ether oxygens (including phenoxy) is 1. The minimum Gasteiger partial charge on any atom is -0.544 e. The summed E-state index contributed by atoms with van der Waals surface area (Å²) in [7, 11) is -5.34. The SMILES string of the molecule is C[C@@H]([C@H](N=[N+]=[N-])C(=O)Oc1ccc([N+](=O)[O-])cc1)[C@H](O[Si](c1ccccc1)(c1ccccc1)C(C)(C)C)c1ccc(O[Si](C)(C)C(C)(C)C)cc1. The normalized spacial score (nSPS) is 14.1. The van der Waals surface area contributed by atoms with Gasteiger partial charge in [0.2, 0.25) is 8.32 Å². The molecule has 0 aliphatic heterocycles. The lowest BCUT2D eigenvalue weighted by Crippen LogP contribution is -2.67. The smallest absolute Gasteiger partial charge is 0.320 e. The first kappa shape index (κ1) is 39.0. The second-order valence-electron chi connectivity index (χ2n) is 15.3. The van der Waals surface area contributed by atoms with Gasteiger partial charge in [-0.3, -0.25) is 14.9 Å². The van der Waals surface area contributed by atoms with Crippen molar-refractivity contribution in [3.63, 3.8) is 0 Å². The maximum atomic E-state index is 13.8. The Morgan fingerprint density at radius 2 is 1.27 bits per heavy atom. The summed E-state index contributed by atoms with van der Waals surface area (Å²) in [6, 6.07) is 32.0. The lowest BCUT2D eigenvalue weighted by atomic mass is 9.91. The van der Waals surface area contributed by atoms with E-state index in [2.05, 4.69) is 88.9 Å². The fourth-order valence-electron chi connectivity index (χ4n) is 5.93. The summed E-state index contributed by atoms with van der Waals surface area (Å²) in [6.07, 6.45) is -0.752. The molecule has 4 rings (SSSR count). The number of nitrogens with zero attached hydrogens (tertiary/aromatic N) is 4. The third kappa shape index (κ3) is 8.77. The number of carbonyl (C=O) groups excluding carboxylic acids is 1. The van der Waals surface area contributed by atoms with Gasteiger partial charge in [0.25, 0.3) is 14.0 Å². The van der Waals surface area contributed by atoms with Gasteiger partial charge in [-0.1, -0.05) is 126 Å². The molecule has 51 heavy (non-hydrogen) atoms. The maximum absolute atomic E-state index is 13.8. The number of nitro groups is 1. The van der Waals surface area contributed by atoms with Crippen LogP contribution in [0.15, 0.2) is 114 Å². The molecule has 12 heteroatoms. The molecule has 0 aromatic heterocycles. The number of azide groups is 1. The van der Waals surface area contributed by atoms with Gasteiger partial charge in [0.1, 0.15) is 17.5 Å². The van der Waals surface area contributed by atoms with E-state index in [1.807, 2.05) is 67.6 Å². The first-order valence-electron chi connectivity index (χ1n) is 17.0. The Hall–Kier alpha value is -4.75. The van der Waals surface area contributed by atoms with E-state index in [1.54, 1.807) is 0 Å². The highest BCUT2D eigenvalue weighted by molar-refractivity contribution is 6.99. The molecule has 10 nitrogen and oxygen atoms in total. The van der Waals surface area contributed by atoms with Gasteiger partial charge in [0.05, 0.1) is 11.0 Å². The molecule has 0 unspecified atom stereocenters. The maximum Gasteiger partial charge on any atom is 0.320 e. The second kappa shape index (κ2) is 15.6. The molecular formula is C39H48N4O6Si2. The number of rotatable bonds is 13. The highest BCUT2D eigenvalue weighted by atomic mass is 28.4. The van der Waals surface area contributed by atoms with Crippen LogP contribution in [0, 0.1) is 16.0 Å². The fraction of sp³-hybridized carbons (Fsp3) is 0.359. The van der Waals surface area contributed by atoms with Crippen LogP contribution in [0.5, 0.6) is 11.5 Å². The minimum atomic E-state index is -3.20. The number of carbonyl (C=O) groups is 1. The molecule has 0 fully saturated rings. The Balaban J connectivity index is 1.87. The highest BCUT2D eigenvalue weighted by Gasteiger charge is 2.53. The Morgan fingerprint density at radius 1 is 0.784 bits per heavy atom. The van der Waals surface area contributed by atoms with Crippen LogP contribution in [0.2, 0.25) is 23.2 Å². The number of hydrogen-bond acceptors (Lipinski definition) is 7. The molecule has 4 aromatic carbocycles. The quantitative estimate of drug-likeness (QED) is 0.0197. The average molecular weight is 725 g/mol. The van der Waals surface area contributed by atoms with Crippen LogP contribution in [0.25, 0.3) is 10.4 Å².